The van der Waals surface area contributed by atoms with E-state index in [1.165, 1.54) is 0 Å². The molecule has 1 aliphatic rings. The van der Waals surface area contributed by atoms with E-state index in [0.717, 1.165) is 31.9 Å². The standard InChI is InChI=1S/C12H15F2N3O2/c13-9-5-10(14)12(17(18)19)6-11(9)16-7-8-3-1-2-4-15-8/h5-6,8,15-16H,1-4,7H2. The number of rotatable bonds is 4. The van der Waals surface area contributed by atoms with Gasteiger partial charge in [-0.3, -0.25) is 10.1 Å². The maximum Gasteiger partial charge on any atom is 0.307 e. The monoisotopic (exact) mass is 271 g/mol. The summed E-state index contributed by atoms with van der Waals surface area (Å²) in [6.07, 6.45) is 3.19. The van der Waals surface area contributed by atoms with Gasteiger partial charge in [-0.15, -0.1) is 0 Å². The molecule has 19 heavy (non-hydrogen) atoms. The second-order valence-corrected chi connectivity index (χ2v) is 4.57. The molecule has 0 saturated carbocycles. The van der Waals surface area contributed by atoms with Gasteiger partial charge < -0.3 is 10.6 Å². The molecule has 0 aliphatic carbocycles. The quantitative estimate of drug-likeness (QED) is 0.652. The minimum absolute atomic E-state index is 0.0412. The number of halogens is 2. The first-order valence-corrected chi connectivity index (χ1v) is 6.18. The second kappa shape index (κ2) is 5.92. The van der Waals surface area contributed by atoms with Crippen LogP contribution in [0.4, 0.5) is 20.2 Å². The van der Waals surface area contributed by atoms with Gasteiger partial charge in [0.2, 0.25) is 5.82 Å². The summed E-state index contributed by atoms with van der Waals surface area (Å²) >= 11 is 0. The Morgan fingerprint density at radius 2 is 2.16 bits per heavy atom. The molecule has 5 nitrogen and oxygen atoms in total. The van der Waals surface area contributed by atoms with Crippen molar-refractivity contribution in [3.8, 4) is 0 Å². The lowest BCUT2D eigenvalue weighted by Gasteiger charge is -2.24. The van der Waals surface area contributed by atoms with Crippen molar-refractivity contribution in [3.05, 3.63) is 33.9 Å². The van der Waals surface area contributed by atoms with Crippen LogP contribution in [0.25, 0.3) is 0 Å². The zero-order valence-electron chi connectivity index (χ0n) is 10.3. The van der Waals surface area contributed by atoms with Gasteiger partial charge in [-0.1, -0.05) is 6.42 Å². The molecule has 1 saturated heterocycles. The van der Waals surface area contributed by atoms with Gasteiger partial charge in [-0.25, -0.2) is 4.39 Å². The van der Waals surface area contributed by atoms with Crippen LogP contribution in [0.2, 0.25) is 0 Å². The number of hydrogen-bond donors (Lipinski definition) is 2. The Bertz CT molecular complexity index is 476. The average molecular weight is 271 g/mol. The molecule has 2 rings (SSSR count). The van der Waals surface area contributed by atoms with Crippen molar-refractivity contribution in [2.75, 3.05) is 18.4 Å². The fourth-order valence-electron chi connectivity index (χ4n) is 2.14. The van der Waals surface area contributed by atoms with Crippen LogP contribution in [0.15, 0.2) is 12.1 Å². The van der Waals surface area contributed by atoms with E-state index in [-0.39, 0.29) is 11.7 Å². The molecular weight excluding hydrogens is 256 g/mol. The SMILES string of the molecule is O=[N+]([O-])c1cc(NCC2CCCCN2)c(F)cc1F. The first kappa shape index (κ1) is 13.7. The third-order valence-electron chi connectivity index (χ3n) is 3.18. The molecule has 1 atom stereocenters. The first-order chi connectivity index (χ1) is 9.08. The Morgan fingerprint density at radius 3 is 2.79 bits per heavy atom. The van der Waals surface area contributed by atoms with Gasteiger partial charge in [-0.2, -0.15) is 4.39 Å². The largest absolute Gasteiger partial charge is 0.381 e. The number of anilines is 1. The van der Waals surface area contributed by atoms with Crippen molar-refractivity contribution in [3.63, 3.8) is 0 Å². The van der Waals surface area contributed by atoms with E-state index in [0.29, 0.717) is 12.6 Å². The highest BCUT2D eigenvalue weighted by Crippen LogP contribution is 2.25. The average Bonchev–Trinajstić information content (AvgIpc) is 2.38. The van der Waals surface area contributed by atoms with Crippen LogP contribution < -0.4 is 10.6 Å². The van der Waals surface area contributed by atoms with Gasteiger partial charge in [0.15, 0.2) is 0 Å². The van der Waals surface area contributed by atoms with E-state index in [2.05, 4.69) is 10.6 Å². The van der Waals surface area contributed by atoms with Crippen LogP contribution in [0.5, 0.6) is 0 Å². The summed E-state index contributed by atoms with van der Waals surface area (Å²) in [5, 5.41) is 16.7. The van der Waals surface area contributed by atoms with Crippen LogP contribution in [-0.4, -0.2) is 24.1 Å². The lowest BCUT2D eigenvalue weighted by Crippen LogP contribution is -2.39. The predicted molar refractivity (Wildman–Crippen MR) is 67.1 cm³/mol. The number of piperidine rings is 1. The van der Waals surface area contributed by atoms with Gasteiger partial charge in [0.05, 0.1) is 10.6 Å². The summed E-state index contributed by atoms with van der Waals surface area (Å²) in [5.74, 6) is -1.98. The maximum absolute atomic E-state index is 13.5. The van der Waals surface area contributed by atoms with Crippen molar-refractivity contribution >= 4 is 11.4 Å². The van der Waals surface area contributed by atoms with E-state index in [1.807, 2.05) is 0 Å². The number of nitro benzene ring substituents is 1. The summed E-state index contributed by atoms with van der Waals surface area (Å²) in [5.41, 5.74) is -0.763. The molecule has 1 heterocycles. The van der Waals surface area contributed by atoms with E-state index >= 15 is 0 Å². The first-order valence-electron chi connectivity index (χ1n) is 6.18. The third kappa shape index (κ3) is 3.37. The number of nitro groups is 1. The number of nitrogens with zero attached hydrogens (tertiary/aromatic N) is 1. The Labute approximate surface area is 109 Å². The minimum Gasteiger partial charge on any atom is -0.381 e. The Kier molecular flexibility index (Phi) is 4.26. The van der Waals surface area contributed by atoms with Gasteiger partial charge >= 0.3 is 5.69 Å². The van der Waals surface area contributed by atoms with E-state index in [4.69, 9.17) is 0 Å². The zero-order chi connectivity index (χ0) is 13.8. The Hall–Kier alpha value is -1.76. The second-order valence-electron chi connectivity index (χ2n) is 4.57. The summed E-state index contributed by atoms with van der Waals surface area (Å²) in [6, 6.07) is 1.64. The summed E-state index contributed by atoms with van der Waals surface area (Å²) in [7, 11) is 0. The Morgan fingerprint density at radius 1 is 1.37 bits per heavy atom. The fourth-order valence-corrected chi connectivity index (χ4v) is 2.14. The molecule has 1 fully saturated rings. The van der Waals surface area contributed by atoms with Crippen LogP contribution in [0.1, 0.15) is 19.3 Å². The van der Waals surface area contributed by atoms with Gasteiger partial charge in [-0.05, 0) is 19.4 Å². The van der Waals surface area contributed by atoms with E-state index in [9.17, 15) is 18.9 Å². The Balaban J connectivity index is 2.06. The summed E-state index contributed by atoms with van der Waals surface area (Å²) in [4.78, 5) is 9.73. The fraction of sp³-hybridized carbons (Fsp3) is 0.500. The van der Waals surface area contributed by atoms with Gasteiger partial charge in [0.1, 0.15) is 5.82 Å². The van der Waals surface area contributed by atoms with Crippen molar-refractivity contribution in [1.29, 1.82) is 0 Å². The molecular formula is C12H15F2N3O2. The third-order valence-corrected chi connectivity index (χ3v) is 3.18. The molecule has 0 radical (unpaired) electrons. The van der Waals surface area contributed by atoms with Crippen molar-refractivity contribution in [2.45, 2.75) is 25.3 Å². The van der Waals surface area contributed by atoms with Crippen LogP contribution in [-0.2, 0) is 0 Å². The smallest absolute Gasteiger partial charge is 0.307 e. The predicted octanol–water partition coefficient (Wildman–Crippen LogP) is 2.43. The molecule has 1 aliphatic heterocycles. The van der Waals surface area contributed by atoms with E-state index < -0.39 is 22.2 Å². The molecule has 0 spiro atoms. The summed E-state index contributed by atoms with van der Waals surface area (Å²) < 4.78 is 26.7. The van der Waals surface area contributed by atoms with Crippen LogP contribution in [0, 0.1) is 21.7 Å². The molecule has 1 aromatic carbocycles. The van der Waals surface area contributed by atoms with E-state index in [1.54, 1.807) is 0 Å². The maximum atomic E-state index is 13.5. The van der Waals surface area contributed by atoms with Crippen molar-refractivity contribution < 1.29 is 13.7 Å². The highest BCUT2D eigenvalue weighted by Gasteiger charge is 2.19. The lowest BCUT2D eigenvalue weighted by molar-refractivity contribution is -0.387. The van der Waals surface area contributed by atoms with Gasteiger partial charge in [0, 0.05) is 24.7 Å². The molecule has 0 bridgehead atoms. The van der Waals surface area contributed by atoms with Crippen LogP contribution in [0.3, 0.4) is 0 Å². The highest BCUT2D eigenvalue weighted by molar-refractivity contribution is 5.53. The normalized spacial score (nSPS) is 19.2. The number of nitrogens with one attached hydrogen (secondary N) is 2. The summed E-state index contributed by atoms with van der Waals surface area (Å²) in [6.45, 7) is 1.37. The molecule has 0 amide bonds. The minimum atomic E-state index is -1.16. The molecule has 1 unspecified atom stereocenters. The van der Waals surface area contributed by atoms with Crippen molar-refractivity contribution in [1.82, 2.24) is 5.32 Å². The van der Waals surface area contributed by atoms with Crippen molar-refractivity contribution in [2.24, 2.45) is 0 Å². The van der Waals surface area contributed by atoms with Gasteiger partial charge in [0.25, 0.3) is 0 Å². The number of benzene rings is 1. The molecule has 2 N–H and O–H groups in total. The van der Waals surface area contributed by atoms with Crippen LogP contribution >= 0.6 is 0 Å². The topological polar surface area (TPSA) is 67.2 Å². The molecule has 1 aromatic rings. The molecule has 7 heteroatoms. The molecule has 104 valence electrons. The highest BCUT2D eigenvalue weighted by atomic mass is 19.1. The zero-order valence-corrected chi connectivity index (χ0v) is 10.3. The lowest BCUT2D eigenvalue weighted by atomic mass is 10.1. The molecule has 0 aromatic heterocycles. The number of hydrogen-bond acceptors (Lipinski definition) is 4.